The van der Waals surface area contributed by atoms with Crippen LogP contribution in [0.5, 0.6) is 0 Å². The number of piperazine rings is 1. The summed E-state index contributed by atoms with van der Waals surface area (Å²) in [6.45, 7) is 13.2. The van der Waals surface area contributed by atoms with E-state index in [1.807, 2.05) is 0 Å². The molecule has 2 saturated heterocycles. The van der Waals surface area contributed by atoms with Crippen molar-refractivity contribution >= 4 is 0 Å². The molecule has 22 heavy (non-hydrogen) atoms. The minimum absolute atomic E-state index is 0.562. The third kappa shape index (κ3) is 3.37. The molecule has 0 bridgehead atoms. The van der Waals surface area contributed by atoms with E-state index in [4.69, 9.17) is 4.74 Å². The van der Waals surface area contributed by atoms with Gasteiger partial charge in [-0.1, -0.05) is 17.7 Å². The molecule has 0 unspecified atom stereocenters. The van der Waals surface area contributed by atoms with Crippen LogP contribution in [0.3, 0.4) is 0 Å². The Labute approximate surface area is 135 Å². The van der Waals surface area contributed by atoms with Gasteiger partial charge in [0.05, 0.1) is 0 Å². The van der Waals surface area contributed by atoms with Crippen molar-refractivity contribution in [1.82, 2.24) is 10.2 Å². The maximum atomic E-state index is 5.62. The highest BCUT2D eigenvalue weighted by molar-refractivity contribution is 5.40. The third-order valence-corrected chi connectivity index (χ3v) is 5.29. The average Bonchev–Trinajstić information content (AvgIpc) is 2.52. The fourth-order valence-electron chi connectivity index (χ4n) is 4.37. The lowest BCUT2D eigenvalue weighted by Crippen LogP contribution is -2.48. The molecule has 0 aromatic heterocycles. The summed E-state index contributed by atoms with van der Waals surface area (Å²) >= 11 is 0. The van der Waals surface area contributed by atoms with Crippen molar-refractivity contribution < 1.29 is 4.74 Å². The van der Waals surface area contributed by atoms with Crippen LogP contribution in [0.2, 0.25) is 0 Å². The fourth-order valence-corrected chi connectivity index (χ4v) is 4.37. The molecule has 122 valence electrons. The van der Waals surface area contributed by atoms with Crippen LogP contribution in [0, 0.1) is 26.7 Å². The molecular weight excluding hydrogens is 272 g/mol. The molecule has 1 aromatic carbocycles. The Morgan fingerprint density at radius 2 is 1.64 bits per heavy atom. The van der Waals surface area contributed by atoms with Crippen molar-refractivity contribution in [2.75, 3.05) is 39.4 Å². The van der Waals surface area contributed by atoms with Gasteiger partial charge in [0, 0.05) is 45.4 Å². The molecule has 1 atom stereocenters. The second kappa shape index (κ2) is 7.12. The van der Waals surface area contributed by atoms with E-state index < -0.39 is 0 Å². The summed E-state index contributed by atoms with van der Waals surface area (Å²) in [6.07, 6.45) is 2.39. The molecule has 0 aliphatic carbocycles. The SMILES string of the molecule is Cc1cc(C)c([C@H](C2CCOCC2)N2CCNCC2)c(C)c1. The van der Waals surface area contributed by atoms with E-state index in [2.05, 4.69) is 43.1 Å². The number of nitrogens with zero attached hydrogens (tertiary/aromatic N) is 1. The van der Waals surface area contributed by atoms with Gasteiger partial charge in [0.1, 0.15) is 0 Å². The van der Waals surface area contributed by atoms with Crippen molar-refractivity contribution in [1.29, 1.82) is 0 Å². The van der Waals surface area contributed by atoms with Gasteiger partial charge >= 0.3 is 0 Å². The van der Waals surface area contributed by atoms with Gasteiger partial charge in [0.25, 0.3) is 0 Å². The van der Waals surface area contributed by atoms with Gasteiger partial charge in [0.15, 0.2) is 0 Å². The number of benzene rings is 1. The molecule has 0 radical (unpaired) electrons. The maximum Gasteiger partial charge on any atom is 0.0469 e. The minimum atomic E-state index is 0.562. The van der Waals surface area contributed by atoms with Crippen LogP contribution < -0.4 is 5.32 Å². The predicted molar refractivity (Wildman–Crippen MR) is 91.4 cm³/mol. The van der Waals surface area contributed by atoms with Crippen LogP contribution in [0.15, 0.2) is 12.1 Å². The largest absolute Gasteiger partial charge is 0.381 e. The van der Waals surface area contributed by atoms with E-state index >= 15 is 0 Å². The molecule has 3 heteroatoms. The molecule has 1 aromatic rings. The lowest BCUT2D eigenvalue weighted by molar-refractivity contribution is 0.0209. The zero-order valence-corrected chi connectivity index (χ0v) is 14.3. The Morgan fingerprint density at radius 1 is 1.05 bits per heavy atom. The molecule has 1 N–H and O–H groups in total. The van der Waals surface area contributed by atoms with Gasteiger partial charge in [-0.15, -0.1) is 0 Å². The summed E-state index contributed by atoms with van der Waals surface area (Å²) in [5.41, 5.74) is 5.89. The summed E-state index contributed by atoms with van der Waals surface area (Å²) in [5.74, 6) is 0.729. The zero-order chi connectivity index (χ0) is 15.5. The first-order valence-electron chi connectivity index (χ1n) is 8.77. The Balaban J connectivity index is 1.96. The fraction of sp³-hybridized carbons (Fsp3) is 0.684. The van der Waals surface area contributed by atoms with Gasteiger partial charge in [0.2, 0.25) is 0 Å². The quantitative estimate of drug-likeness (QED) is 0.929. The van der Waals surface area contributed by atoms with Gasteiger partial charge in [-0.05, 0) is 56.2 Å². The van der Waals surface area contributed by atoms with E-state index in [1.54, 1.807) is 5.56 Å². The highest BCUT2D eigenvalue weighted by Crippen LogP contribution is 2.38. The van der Waals surface area contributed by atoms with E-state index in [-0.39, 0.29) is 0 Å². The smallest absolute Gasteiger partial charge is 0.0469 e. The lowest BCUT2D eigenvalue weighted by Gasteiger charge is -2.42. The molecule has 0 amide bonds. The molecule has 2 fully saturated rings. The van der Waals surface area contributed by atoms with Crippen molar-refractivity contribution in [3.05, 3.63) is 34.4 Å². The Morgan fingerprint density at radius 3 is 2.23 bits per heavy atom. The van der Waals surface area contributed by atoms with Crippen LogP contribution >= 0.6 is 0 Å². The highest BCUT2D eigenvalue weighted by atomic mass is 16.5. The minimum Gasteiger partial charge on any atom is -0.381 e. The second-order valence-electron chi connectivity index (χ2n) is 6.99. The summed E-state index contributed by atoms with van der Waals surface area (Å²) in [4.78, 5) is 2.72. The number of ether oxygens (including phenoxy) is 1. The average molecular weight is 302 g/mol. The molecule has 3 nitrogen and oxygen atoms in total. The van der Waals surface area contributed by atoms with Crippen molar-refractivity contribution in [3.63, 3.8) is 0 Å². The van der Waals surface area contributed by atoms with Crippen LogP contribution in [-0.4, -0.2) is 44.3 Å². The predicted octanol–water partition coefficient (Wildman–Crippen LogP) is 2.98. The van der Waals surface area contributed by atoms with Crippen LogP contribution in [0.4, 0.5) is 0 Å². The summed E-state index contributed by atoms with van der Waals surface area (Å²) in [6, 6.07) is 5.28. The van der Waals surface area contributed by atoms with Crippen molar-refractivity contribution in [2.24, 2.45) is 5.92 Å². The number of rotatable bonds is 3. The van der Waals surface area contributed by atoms with Crippen molar-refractivity contribution in [2.45, 2.75) is 39.7 Å². The Hall–Kier alpha value is -0.900. The van der Waals surface area contributed by atoms with Crippen LogP contribution in [0.25, 0.3) is 0 Å². The molecule has 2 aliphatic rings. The van der Waals surface area contributed by atoms with Crippen LogP contribution in [0.1, 0.15) is 41.1 Å². The van der Waals surface area contributed by atoms with Gasteiger partial charge in [-0.2, -0.15) is 0 Å². The Kier molecular flexibility index (Phi) is 5.17. The molecule has 3 rings (SSSR count). The maximum absolute atomic E-state index is 5.62. The number of nitrogens with one attached hydrogen (secondary N) is 1. The highest BCUT2D eigenvalue weighted by Gasteiger charge is 2.33. The monoisotopic (exact) mass is 302 g/mol. The molecular formula is C19H30N2O. The summed E-state index contributed by atoms with van der Waals surface area (Å²) < 4.78 is 5.62. The molecule has 2 heterocycles. The lowest BCUT2D eigenvalue weighted by atomic mass is 9.81. The first-order valence-corrected chi connectivity index (χ1v) is 8.77. The van der Waals surface area contributed by atoms with E-state index in [9.17, 15) is 0 Å². The number of hydrogen-bond acceptors (Lipinski definition) is 3. The van der Waals surface area contributed by atoms with Gasteiger partial charge in [-0.25, -0.2) is 0 Å². The van der Waals surface area contributed by atoms with E-state index in [0.29, 0.717) is 6.04 Å². The third-order valence-electron chi connectivity index (χ3n) is 5.29. The van der Waals surface area contributed by atoms with Crippen LogP contribution in [-0.2, 0) is 4.74 Å². The van der Waals surface area contributed by atoms with Gasteiger partial charge < -0.3 is 10.1 Å². The standard InChI is InChI=1S/C19H30N2O/c1-14-12-15(2)18(16(3)13-14)19(17-4-10-22-11-5-17)21-8-6-20-7-9-21/h12-13,17,19-20H,4-11H2,1-3H3/t19-/m0/s1. The summed E-state index contributed by atoms with van der Waals surface area (Å²) in [5, 5.41) is 3.50. The normalized spacial score (nSPS) is 22.7. The first-order chi connectivity index (χ1) is 10.7. The molecule has 2 aliphatic heterocycles. The Bertz CT molecular complexity index is 461. The first kappa shape index (κ1) is 16.0. The van der Waals surface area contributed by atoms with E-state index in [1.165, 1.54) is 29.5 Å². The number of aryl methyl sites for hydroxylation is 3. The van der Waals surface area contributed by atoms with Gasteiger partial charge in [-0.3, -0.25) is 4.90 Å². The van der Waals surface area contributed by atoms with Crippen molar-refractivity contribution in [3.8, 4) is 0 Å². The molecule has 0 saturated carbocycles. The molecule has 0 spiro atoms. The number of hydrogen-bond donors (Lipinski definition) is 1. The zero-order valence-electron chi connectivity index (χ0n) is 14.3. The summed E-state index contributed by atoms with van der Waals surface area (Å²) in [7, 11) is 0. The van der Waals surface area contributed by atoms with E-state index in [0.717, 1.165) is 45.3 Å². The topological polar surface area (TPSA) is 24.5 Å². The second-order valence-corrected chi connectivity index (χ2v) is 6.99.